The van der Waals surface area contributed by atoms with Crippen molar-refractivity contribution in [3.8, 4) is 0 Å². The van der Waals surface area contributed by atoms with Gasteiger partial charge in [0.15, 0.2) is 5.78 Å². The van der Waals surface area contributed by atoms with Gasteiger partial charge in [-0.25, -0.2) is 0 Å². The summed E-state index contributed by atoms with van der Waals surface area (Å²) in [6, 6.07) is 0. The largest absolute Gasteiger partial charge is 0.462 e. The Labute approximate surface area is 303 Å². The second-order valence-corrected chi connectivity index (χ2v) is 13.9. The highest BCUT2D eigenvalue weighted by atomic mass is 16.6. The average Bonchev–Trinajstić information content (AvgIpc) is 3.85. The highest BCUT2D eigenvalue weighted by Gasteiger charge is 2.48. The van der Waals surface area contributed by atoms with E-state index >= 15 is 0 Å². The Morgan fingerprint density at radius 1 is 0.904 bits per heavy atom. The summed E-state index contributed by atoms with van der Waals surface area (Å²) in [5.74, 6) is -2.32. The van der Waals surface area contributed by atoms with Crippen molar-refractivity contribution in [3.05, 3.63) is 84.8 Å². The molecule has 1 fully saturated rings. The zero-order valence-electron chi connectivity index (χ0n) is 31.0. The normalized spacial score (nSPS) is 18.9. The van der Waals surface area contributed by atoms with Crippen LogP contribution in [0.15, 0.2) is 18.0 Å². The predicted molar refractivity (Wildman–Crippen MR) is 201 cm³/mol. The lowest BCUT2D eigenvalue weighted by atomic mass is 9.84. The number of nitrogens with one attached hydrogen (secondary N) is 4. The quantitative estimate of drug-likeness (QED) is 0.0950. The van der Waals surface area contributed by atoms with Crippen LogP contribution < -0.4 is 16.0 Å². The fourth-order valence-electron chi connectivity index (χ4n) is 7.91. The highest BCUT2D eigenvalue weighted by molar-refractivity contribution is 6.24. The number of hydrogen-bond donors (Lipinski definition) is 5. The lowest BCUT2D eigenvalue weighted by Crippen LogP contribution is -2.27. The Bertz CT molecular complexity index is 2110. The van der Waals surface area contributed by atoms with Crippen LogP contribution in [0.4, 0.5) is 0 Å². The van der Waals surface area contributed by atoms with Gasteiger partial charge in [-0.15, -0.1) is 0 Å². The van der Waals surface area contributed by atoms with Gasteiger partial charge < -0.3 is 44.4 Å². The van der Waals surface area contributed by atoms with Crippen molar-refractivity contribution >= 4 is 47.4 Å². The molecule has 1 aliphatic carbocycles. The van der Waals surface area contributed by atoms with Crippen LogP contribution in [-0.4, -0.2) is 77.2 Å². The van der Waals surface area contributed by atoms with Gasteiger partial charge >= 0.3 is 5.97 Å². The molecular weight excluding hydrogens is 660 g/mol. The maximum Gasteiger partial charge on any atom is 0.321 e. The molecular formula is C41H50N4O7. The minimum atomic E-state index is -1.19. The van der Waals surface area contributed by atoms with Crippen molar-refractivity contribution in [3.63, 3.8) is 0 Å². The predicted octanol–water partition coefficient (Wildman–Crippen LogP) is 4.13. The molecule has 276 valence electrons. The standard InChI is InChI=1S/C41H50N4O7/c1-8-26-22(4)29-18-31-24(6)28(11-10-21(3)47)38(44-31)36-37(41(49)52-17-16-51-15-14-50-13-12-46)40(48)35-25(7)32(45-39(35)36)20-34-27(9-2)23(5)30(43-34)19-33(26)42-29/h8,18-20,24,28,37,42-46H,1,9-17H2,2-7H3/t24-,28-,37+/m0/s1. The Morgan fingerprint density at radius 3 is 2.29 bits per heavy atom. The van der Waals surface area contributed by atoms with Crippen LogP contribution in [0.2, 0.25) is 0 Å². The smallest absolute Gasteiger partial charge is 0.321 e. The summed E-state index contributed by atoms with van der Waals surface area (Å²) in [5, 5.41) is 14.5. The zero-order chi connectivity index (χ0) is 37.3. The number of ketones is 2. The molecule has 3 aromatic rings. The SMILES string of the molecule is C=Cc1c2[nH]c(c1C)C=C1NC(=C3c4[nH]c(c(C)c4C(=O)[C@@H]3C(=O)OCCOCCOCCO)C=c3[nH]c(c(C)c3CC)=C2)[C@@H](CCC(C)=O)[C@@H]1C. The summed E-state index contributed by atoms with van der Waals surface area (Å²) in [7, 11) is 0. The van der Waals surface area contributed by atoms with Gasteiger partial charge in [0, 0.05) is 74.1 Å². The molecule has 0 aromatic carbocycles. The van der Waals surface area contributed by atoms with Crippen LogP contribution in [0.25, 0.3) is 29.9 Å². The summed E-state index contributed by atoms with van der Waals surface area (Å²) in [4.78, 5) is 51.6. The molecule has 0 spiro atoms. The molecule has 3 atom stereocenters. The fourth-order valence-corrected chi connectivity index (χ4v) is 7.91. The Hall–Kier alpha value is -4.71. The van der Waals surface area contributed by atoms with Gasteiger partial charge in [0.05, 0.1) is 38.7 Å². The molecule has 5 N–H and O–H groups in total. The van der Waals surface area contributed by atoms with E-state index in [0.29, 0.717) is 36.3 Å². The number of rotatable bonds is 14. The summed E-state index contributed by atoms with van der Waals surface area (Å²) in [6.07, 6.45) is 9.85. The number of aliphatic hydroxyl groups is 1. The number of aliphatic hydroxyl groups excluding tert-OH is 1. The molecule has 0 radical (unpaired) electrons. The summed E-state index contributed by atoms with van der Waals surface area (Å²) >= 11 is 0. The van der Waals surface area contributed by atoms with Crippen molar-refractivity contribution in [2.24, 2.45) is 17.8 Å². The summed E-state index contributed by atoms with van der Waals surface area (Å²) in [6.45, 7) is 16.9. The highest BCUT2D eigenvalue weighted by Crippen LogP contribution is 2.48. The van der Waals surface area contributed by atoms with Gasteiger partial charge in [0.25, 0.3) is 0 Å². The van der Waals surface area contributed by atoms with E-state index in [4.69, 9.17) is 19.3 Å². The van der Waals surface area contributed by atoms with Crippen LogP contribution in [0.1, 0.15) is 94.6 Å². The van der Waals surface area contributed by atoms with Gasteiger partial charge in [-0.1, -0.05) is 26.5 Å². The first kappa shape index (κ1) is 37.1. The number of hydrogen-bond acceptors (Lipinski definition) is 8. The van der Waals surface area contributed by atoms with E-state index < -0.39 is 11.9 Å². The number of aromatic amines is 3. The number of esters is 1. The third-order valence-electron chi connectivity index (χ3n) is 10.8. The lowest BCUT2D eigenvalue weighted by Gasteiger charge is -2.20. The number of carbonyl (C=O) groups excluding carboxylic acids is 3. The van der Waals surface area contributed by atoms with E-state index in [0.717, 1.165) is 67.8 Å². The molecule has 6 rings (SSSR count). The summed E-state index contributed by atoms with van der Waals surface area (Å²) < 4.78 is 16.5. The van der Waals surface area contributed by atoms with Crippen molar-refractivity contribution in [2.75, 3.05) is 39.6 Å². The molecule has 3 aliphatic rings. The Morgan fingerprint density at radius 2 is 1.60 bits per heavy atom. The molecule has 2 aliphatic heterocycles. The first-order valence-electron chi connectivity index (χ1n) is 18.2. The van der Waals surface area contributed by atoms with Gasteiger partial charge in [-0.3, -0.25) is 9.59 Å². The molecule has 1 saturated heterocycles. The summed E-state index contributed by atoms with van der Waals surface area (Å²) in [5.41, 5.74) is 11.1. The third kappa shape index (κ3) is 6.80. The molecule has 0 saturated carbocycles. The van der Waals surface area contributed by atoms with Crippen molar-refractivity contribution in [1.82, 2.24) is 20.3 Å². The average molecular weight is 711 g/mol. The molecule has 8 bridgehead atoms. The molecule has 52 heavy (non-hydrogen) atoms. The van der Waals surface area contributed by atoms with Crippen LogP contribution in [-0.2, 0) is 30.2 Å². The van der Waals surface area contributed by atoms with E-state index in [9.17, 15) is 14.4 Å². The van der Waals surface area contributed by atoms with Gasteiger partial charge in [-0.05, 0) is 81.0 Å². The molecule has 0 amide bonds. The number of H-pyrrole nitrogens is 3. The van der Waals surface area contributed by atoms with Crippen LogP contribution >= 0.6 is 0 Å². The van der Waals surface area contributed by atoms with E-state index in [-0.39, 0.29) is 56.4 Å². The maximum atomic E-state index is 14.5. The lowest BCUT2D eigenvalue weighted by molar-refractivity contribution is -0.146. The van der Waals surface area contributed by atoms with E-state index in [1.54, 1.807) is 6.92 Å². The van der Waals surface area contributed by atoms with E-state index in [2.05, 4.69) is 72.8 Å². The van der Waals surface area contributed by atoms with Crippen molar-refractivity contribution in [2.45, 2.75) is 60.8 Å². The number of fused-ring (bicyclic) bond motifs is 7. The van der Waals surface area contributed by atoms with E-state index in [1.165, 1.54) is 5.56 Å². The number of Topliss-reactive ketones (excluding diaryl/α,β-unsaturated/α-hetero) is 2. The molecule has 11 nitrogen and oxygen atoms in total. The third-order valence-corrected chi connectivity index (χ3v) is 10.8. The van der Waals surface area contributed by atoms with Crippen LogP contribution in [0, 0.1) is 38.5 Å². The number of carbonyl (C=O) groups is 3. The van der Waals surface area contributed by atoms with Gasteiger partial charge in [0.1, 0.15) is 18.3 Å². The zero-order valence-corrected chi connectivity index (χ0v) is 31.0. The van der Waals surface area contributed by atoms with Crippen LogP contribution in [0.5, 0.6) is 0 Å². The minimum absolute atomic E-state index is 0.0364. The second-order valence-electron chi connectivity index (χ2n) is 13.9. The van der Waals surface area contributed by atoms with Crippen LogP contribution in [0.3, 0.4) is 0 Å². The Kier molecular flexibility index (Phi) is 11.0. The molecule has 5 heterocycles. The van der Waals surface area contributed by atoms with Gasteiger partial charge in [-0.2, -0.15) is 0 Å². The van der Waals surface area contributed by atoms with E-state index in [1.807, 2.05) is 13.0 Å². The molecule has 11 heteroatoms. The molecule has 0 unspecified atom stereocenters. The maximum absolute atomic E-state index is 14.5. The monoisotopic (exact) mass is 710 g/mol. The number of ether oxygens (including phenoxy) is 3. The van der Waals surface area contributed by atoms with Crippen molar-refractivity contribution in [1.29, 1.82) is 0 Å². The topological polar surface area (TPSA) is 159 Å². The first-order chi connectivity index (χ1) is 25.0. The molecule has 3 aromatic heterocycles. The first-order valence-corrected chi connectivity index (χ1v) is 18.2. The minimum Gasteiger partial charge on any atom is -0.462 e. The second kappa shape index (κ2) is 15.5. The Balaban J connectivity index is 1.52. The number of aromatic nitrogens is 3. The van der Waals surface area contributed by atoms with Crippen molar-refractivity contribution < 1.29 is 33.7 Å². The van der Waals surface area contributed by atoms with Gasteiger partial charge in [0.2, 0.25) is 0 Å². The fraction of sp³-hybridized carbons (Fsp3) is 0.439. The number of allylic oxidation sites excluding steroid dienone is 2.